The average Bonchev–Trinajstić information content (AvgIpc) is 3.38. The zero-order chi connectivity index (χ0) is 25.7. The molecule has 36 heavy (non-hydrogen) atoms. The van der Waals surface area contributed by atoms with Crippen LogP contribution in [0.5, 0.6) is 0 Å². The zero-order valence-corrected chi connectivity index (χ0v) is 21.3. The number of nitrogens with two attached hydrogens (primary N) is 1. The molecule has 190 valence electrons. The smallest absolute Gasteiger partial charge is 0.223 e. The van der Waals surface area contributed by atoms with Gasteiger partial charge in [0.25, 0.3) is 0 Å². The van der Waals surface area contributed by atoms with Crippen molar-refractivity contribution in [3.05, 3.63) is 71.2 Å². The van der Waals surface area contributed by atoms with E-state index in [0.717, 1.165) is 33.8 Å². The van der Waals surface area contributed by atoms with E-state index in [1.165, 1.54) is 12.1 Å². The van der Waals surface area contributed by atoms with Crippen LogP contribution in [0.4, 0.5) is 4.39 Å². The van der Waals surface area contributed by atoms with Crippen molar-refractivity contribution >= 4 is 15.7 Å². The Balaban J connectivity index is 1.50. The number of nitrogens with one attached hydrogen (secondary N) is 1. The first-order valence-electron chi connectivity index (χ1n) is 12.3. The standard InChI is InChI=1S/C27H31FN4O3S/c1-27(2,29)19-5-3-4-17(14-19)25-23-11-6-18(26(33)30-21-12-13-36(34,35)16-21)15-24(23)32(31-25)22-9-7-20(28)8-10-22/h3-5,7-10,14,18,21H,6,11-13,15-16,29H2,1-2H3,(H,30,33). The Bertz CT molecular complexity index is 1410. The van der Waals surface area contributed by atoms with Gasteiger partial charge in [0, 0.05) is 40.7 Å². The number of amides is 1. The van der Waals surface area contributed by atoms with E-state index < -0.39 is 15.4 Å². The van der Waals surface area contributed by atoms with Crippen LogP contribution in [0.25, 0.3) is 16.9 Å². The molecule has 2 heterocycles. The minimum absolute atomic E-state index is 0.00218. The predicted octanol–water partition coefficient (Wildman–Crippen LogP) is 3.28. The maximum absolute atomic E-state index is 13.6. The SMILES string of the molecule is CC(C)(N)c1cccc(-c2nn(-c3ccc(F)cc3)c3c2CCC(C(=O)NC2CCS(=O)(=O)C2)C3)c1. The van der Waals surface area contributed by atoms with Crippen molar-refractivity contribution in [1.82, 2.24) is 15.1 Å². The minimum atomic E-state index is -3.08. The number of hydrogen-bond acceptors (Lipinski definition) is 5. The number of nitrogens with zero attached hydrogens (tertiary/aromatic N) is 2. The molecular formula is C27H31FN4O3S. The third-order valence-corrected chi connectivity index (χ3v) is 8.94. The van der Waals surface area contributed by atoms with Crippen molar-refractivity contribution < 1.29 is 17.6 Å². The molecule has 2 atom stereocenters. The van der Waals surface area contributed by atoms with Crippen molar-refractivity contribution in [2.75, 3.05) is 11.5 Å². The summed E-state index contributed by atoms with van der Waals surface area (Å²) in [6.07, 6.45) is 2.22. The Kier molecular flexibility index (Phi) is 6.24. The van der Waals surface area contributed by atoms with E-state index in [1.54, 1.807) is 12.1 Å². The molecule has 5 rings (SSSR count). The van der Waals surface area contributed by atoms with Gasteiger partial charge < -0.3 is 11.1 Å². The molecule has 1 aliphatic heterocycles. The normalized spacial score (nSPS) is 21.2. The van der Waals surface area contributed by atoms with Crippen LogP contribution in [0.3, 0.4) is 0 Å². The highest BCUT2D eigenvalue weighted by atomic mass is 32.2. The van der Waals surface area contributed by atoms with Crippen LogP contribution in [0, 0.1) is 11.7 Å². The minimum Gasteiger partial charge on any atom is -0.352 e. The van der Waals surface area contributed by atoms with Gasteiger partial charge in [0.05, 0.1) is 22.9 Å². The number of carbonyl (C=O) groups excluding carboxylic acids is 1. The Morgan fingerprint density at radius 2 is 1.92 bits per heavy atom. The summed E-state index contributed by atoms with van der Waals surface area (Å²) in [6, 6.07) is 13.8. The van der Waals surface area contributed by atoms with Gasteiger partial charge in [-0.05, 0) is 69.0 Å². The molecule has 0 bridgehead atoms. The molecule has 0 saturated carbocycles. The first-order chi connectivity index (χ1) is 17.0. The molecule has 1 aliphatic carbocycles. The summed E-state index contributed by atoms with van der Waals surface area (Å²) >= 11 is 0. The lowest BCUT2D eigenvalue weighted by Gasteiger charge is -2.24. The van der Waals surface area contributed by atoms with E-state index in [0.29, 0.717) is 25.7 Å². The summed E-state index contributed by atoms with van der Waals surface area (Å²) < 4.78 is 39.1. The quantitative estimate of drug-likeness (QED) is 0.548. The summed E-state index contributed by atoms with van der Waals surface area (Å²) in [5, 5.41) is 7.90. The molecule has 3 aromatic rings. The lowest BCUT2D eigenvalue weighted by Crippen LogP contribution is -2.41. The average molecular weight is 511 g/mol. The van der Waals surface area contributed by atoms with Gasteiger partial charge in [0.2, 0.25) is 5.91 Å². The van der Waals surface area contributed by atoms with Crippen LogP contribution in [0.2, 0.25) is 0 Å². The van der Waals surface area contributed by atoms with Gasteiger partial charge in [-0.25, -0.2) is 17.5 Å². The highest BCUT2D eigenvalue weighted by Gasteiger charge is 2.34. The third kappa shape index (κ3) is 4.95. The number of carbonyl (C=O) groups is 1. The molecule has 2 aromatic carbocycles. The molecule has 3 N–H and O–H groups in total. The summed E-state index contributed by atoms with van der Waals surface area (Å²) in [4.78, 5) is 13.1. The second-order valence-electron chi connectivity index (χ2n) is 10.5. The Morgan fingerprint density at radius 3 is 2.58 bits per heavy atom. The van der Waals surface area contributed by atoms with Crippen LogP contribution in [-0.2, 0) is 33.0 Å². The van der Waals surface area contributed by atoms with E-state index in [1.807, 2.05) is 36.7 Å². The Labute approximate surface area is 210 Å². The third-order valence-electron chi connectivity index (χ3n) is 7.17. The van der Waals surface area contributed by atoms with Crippen molar-refractivity contribution in [3.8, 4) is 16.9 Å². The first-order valence-corrected chi connectivity index (χ1v) is 14.1. The molecule has 0 spiro atoms. The first kappa shape index (κ1) is 24.6. The number of halogens is 1. The molecule has 1 aromatic heterocycles. The molecule has 0 radical (unpaired) electrons. The van der Waals surface area contributed by atoms with E-state index in [9.17, 15) is 17.6 Å². The number of fused-ring (bicyclic) bond motifs is 1. The molecule has 7 nitrogen and oxygen atoms in total. The number of benzene rings is 2. The molecule has 1 amide bonds. The van der Waals surface area contributed by atoms with Crippen molar-refractivity contribution in [3.63, 3.8) is 0 Å². The summed E-state index contributed by atoms with van der Waals surface area (Å²) in [7, 11) is -3.08. The molecule has 1 saturated heterocycles. The second kappa shape index (κ2) is 9.12. The fourth-order valence-electron chi connectivity index (χ4n) is 5.16. The topological polar surface area (TPSA) is 107 Å². The van der Waals surface area contributed by atoms with Crippen LogP contribution in [0.1, 0.15) is 43.5 Å². The van der Waals surface area contributed by atoms with Crippen molar-refractivity contribution in [2.45, 2.75) is 51.1 Å². The number of rotatable bonds is 5. The Morgan fingerprint density at radius 1 is 1.17 bits per heavy atom. The fraction of sp³-hybridized carbons (Fsp3) is 0.407. The van der Waals surface area contributed by atoms with Gasteiger partial charge in [-0.15, -0.1) is 0 Å². The van der Waals surface area contributed by atoms with Gasteiger partial charge >= 0.3 is 0 Å². The number of sulfone groups is 1. The van der Waals surface area contributed by atoms with E-state index in [2.05, 4.69) is 11.4 Å². The summed E-state index contributed by atoms with van der Waals surface area (Å²) in [5.74, 6) is -0.627. The van der Waals surface area contributed by atoms with Crippen LogP contribution < -0.4 is 11.1 Å². The van der Waals surface area contributed by atoms with Gasteiger partial charge in [0.1, 0.15) is 5.82 Å². The van der Waals surface area contributed by atoms with Crippen LogP contribution in [0.15, 0.2) is 48.5 Å². The second-order valence-corrected chi connectivity index (χ2v) is 12.7. The van der Waals surface area contributed by atoms with E-state index in [-0.39, 0.29) is 35.2 Å². The van der Waals surface area contributed by atoms with Gasteiger partial charge in [-0.1, -0.05) is 18.2 Å². The molecule has 2 aliphatic rings. The predicted molar refractivity (Wildman–Crippen MR) is 137 cm³/mol. The lowest BCUT2D eigenvalue weighted by atomic mass is 9.84. The summed E-state index contributed by atoms with van der Waals surface area (Å²) in [5.41, 5.74) is 11.3. The number of aromatic nitrogens is 2. The maximum Gasteiger partial charge on any atom is 0.223 e. The maximum atomic E-state index is 13.6. The van der Waals surface area contributed by atoms with Crippen LogP contribution >= 0.6 is 0 Å². The van der Waals surface area contributed by atoms with Gasteiger partial charge in [-0.3, -0.25) is 4.79 Å². The summed E-state index contributed by atoms with van der Waals surface area (Å²) in [6.45, 7) is 3.91. The highest BCUT2D eigenvalue weighted by molar-refractivity contribution is 7.91. The Hall–Kier alpha value is -3.04. The number of hydrogen-bond donors (Lipinski definition) is 2. The lowest BCUT2D eigenvalue weighted by molar-refractivity contribution is -0.125. The molecule has 1 fully saturated rings. The van der Waals surface area contributed by atoms with Crippen molar-refractivity contribution in [2.24, 2.45) is 11.7 Å². The fourth-order valence-corrected chi connectivity index (χ4v) is 6.83. The van der Waals surface area contributed by atoms with E-state index >= 15 is 0 Å². The monoisotopic (exact) mass is 510 g/mol. The molecular weight excluding hydrogens is 479 g/mol. The van der Waals surface area contributed by atoms with Gasteiger partial charge in [-0.2, -0.15) is 5.10 Å². The van der Waals surface area contributed by atoms with Crippen molar-refractivity contribution in [1.29, 1.82) is 0 Å². The molecule has 2 unspecified atom stereocenters. The highest BCUT2D eigenvalue weighted by Crippen LogP contribution is 2.36. The van der Waals surface area contributed by atoms with Crippen LogP contribution in [-0.4, -0.2) is 41.7 Å². The van der Waals surface area contributed by atoms with Gasteiger partial charge in [0.15, 0.2) is 9.84 Å². The molecule has 9 heteroatoms. The van der Waals surface area contributed by atoms with E-state index in [4.69, 9.17) is 10.8 Å². The zero-order valence-electron chi connectivity index (χ0n) is 20.5. The largest absolute Gasteiger partial charge is 0.352 e.